The van der Waals surface area contributed by atoms with Gasteiger partial charge in [0.1, 0.15) is 12.1 Å². The van der Waals surface area contributed by atoms with Crippen LogP contribution >= 0.6 is 0 Å². The number of amides is 2. The lowest BCUT2D eigenvalue weighted by Gasteiger charge is -2.29. The van der Waals surface area contributed by atoms with E-state index in [0.29, 0.717) is 25.5 Å². The Hall–Kier alpha value is -2.74. The Balaban J connectivity index is 0.000000641. The van der Waals surface area contributed by atoms with Crippen molar-refractivity contribution in [1.82, 2.24) is 19.8 Å². The summed E-state index contributed by atoms with van der Waals surface area (Å²) < 4.78 is 10.8. The van der Waals surface area contributed by atoms with E-state index >= 15 is 0 Å². The van der Waals surface area contributed by atoms with Gasteiger partial charge in [-0.25, -0.2) is 9.97 Å². The van der Waals surface area contributed by atoms with Crippen molar-refractivity contribution >= 4 is 23.2 Å². The molecule has 1 aliphatic heterocycles. The lowest BCUT2D eigenvalue weighted by atomic mass is 9.91. The molecule has 0 N–H and O–H groups in total. The number of likely N-dealkylation sites (tertiary alicyclic amines) is 1. The maximum atomic E-state index is 11.8. The minimum Gasteiger partial charge on any atom is -0.493 e. The van der Waals surface area contributed by atoms with Crippen molar-refractivity contribution < 1.29 is 19.1 Å². The lowest BCUT2D eigenvalue weighted by Crippen LogP contribution is -2.31. The van der Waals surface area contributed by atoms with Crippen LogP contribution in [-0.4, -0.2) is 78.1 Å². The van der Waals surface area contributed by atoms with Crippen LogP contribution in [0, 0.1) is 0 Å². The molecule has 2 amide bonds. The standard InChI is InChI=1S/C22H30N4O3.C5H12O/c1-3-5-21(28)25(2)10-4-13-29-18-6-7-19-20(14-18)23-15-24-22(19)17-8-11-26(16-27)12-9-17;1-5(2,3)6-4/h6-7,14-17H,3-5,8-13H2,1-2H3;1-4H3. The second-order valence-corrected chi connectivity index (χ2v) is 9.94. The summed E-state index contributed by atoms with van der Waals surface area (Å²) in [6.07, 6.45) is 6.64. The van der Waals surface area contributed by atoms with Crippen molar-refractivity contribution in [1.29, 1.82) is 0 Å². The smallest absolute Gasteiger partial charge is 0.222 e. The normalized spacial score (nSPS) is 14.3. The molecule has 8 nitrogen and oxygen atoms in total. The summed E-state index contributed by atoms with van der Waals surface area (Å²) in [4.78, 5) is 35.3. The van der Waals surface area contributed by atoms with E-state index in [0.717, 1.165) is 67.5 Å². The first kappa shape index (κ1) is 28.5. The van der Waals surface area contributed by atoms with Gasteiger partial charge in [-0.3, -0.25) is 9.59 Å². The number of rotatable bonds is 9. The molecule has 1 aromatic carbocycles. The summed E-state index contributed by atoms with van der Waals surface area (Å²) in [5.74, 6) is 1.31. The lowest BCUT2D eigenvalue weighted by molar-refractivity contribution is -0.130. The number of nitrogens with zero attached hydrogens (tertiary/aromatic N) is 4. The number of carbonyl (C=O) groups is 2. The van der Waals surface area contributed by atoms with Gasteiger partial charge in [-0.1, -0.05) is 6.92 Å². The summed E-state index contributed by atoms with van der Waals surface area (Å²) in [5, 5.41) is 1.05. The number of piperidine rings is 1. The molecule has 1 fully saturated rings. The zero-order valence-corrected chi connectivity index (χ0v) is 22.2. The zero-order valence-electron chi connectivity index (χ0n) is 22.2. The topological polar surface area (TPSA) is 84.9 Å². The zero-order chi connectivity index (χ0) is 25.8. The Morgan fingerprint density at radius 2 is 1.91 bits per heavy atom. The van der Waals surface area contributed by atoms with E-state index in [1.54, 1.807) is 18.3 Å². The average molecular weight is 487 g/mol. The fourth-order valence-corrected chi connectivity index (χ4v) is 3.77. The second kappa shape index (κ2) is 14.0. The molecule has 2 aromatic rings. The molecular weight excluding hydrogens is 444 g/mol. The molecule has 0 aliphatic carbocycles. The van der Waals surface area contributed by atoms with Crippen LogP contribution < -0.4 is 4.74 Å². The Bertz CT molecular complexity index is 936. The van der Waals surface area contributed by atoms with E-state index in [-0.39, 0.29) is 11.5 Å². The summed E-state index contributed by atoms with van der Waals surface area (Å²) in [7, 11) is 3.55. The van der Waals surface area contributed by atoms with Crippen molar-refractivity contribution in [3.05, 3.63) is 30.2 Å². The van der Waals surface area contributed by atoms with Crippen LogP contribution in [0.3, 0.4) is 0 Å². The molecule has 0 unspecified atom stereocenters. The highest BCUT2D eigenvalue weighted by atomic mass is 16.5. The third-order valence-electron chi connectivity index (χ3n) is 6.11. The van der Waals surface area contributed by atoms with E-state index in [4.69, 9.17) is 9.47 Å². The van der Waals surface area contributed by atoms with Gasteiger partial charge in [0.15, 0.2) is 0 Å². The maximum absolute atomic E-state index is 11.8. The highest BCUT2D eigenvalue weighted by Gasteiger charge is 2.22. The Kier molecular flexibility index (Phi) is 11.4. The maximum Gasteiger partial charge on any atom is 0.222 e. The summed E-state index contributed by atoms with van der Waals surface area (Å²) >= 11 is 0. The number of carbonyl (C=O) groups excluding carboxylic acids is 2. The summed E-state index contributed by atoms with van der Waals surface area (Å²) in [6, 6.07) is 5.94. The van der Waals surface area contributed by atoms with Gasteiger partial charge in [0.2, 0.25) is 12.3 Å². The number of aromatic nitrogens is 2. The van der Waals surface area contributed by atoms with Crippen LogP contribution in [-0.2, 0) is 14.3 Å². The number of hydrogen-bond donors (Lipinski definition) is 0. The first-order valence-electron chi connectivity index (χ1n) is 12.5. The Labute approximate surface area is 210 Å². The molecule has 0 saturated carbocycles. The predicted octanol–water partition coefficient (Wildman–Crippen LogP) is 4.42. The summed E-state index contributed by atoms with van der Waals surface area (Å²) in [6.45, 7) is 10.9. The number of fused-ring (bicyclic) bond motifs is 1. The SMILES string of the molecule is CCCC(=O)N(C)CCCOc1ccc2c(C3CCN(C=O)CC3)ncnc2c1.COC(C)(C)C. The van der Waals surface area contributed by atoms with Crippen LogP contribution in [0.2, 0.25) is 0 Å². The van der Waals surface area contributed by atoms with Gasteiger partial charge in [-0.2, -0.15) is 0 Å². The number of methoxy groups -OCH3 is 1. The fourth-order valence-electron chi connectivity index (χ4n) is 3.77. The van der Waals surface area contributed by atoms with E-state index in [1.807, 2.05) is 57.8 Å². The van der Waals surface area contributed by atoms with Gasteiger partial charge < -0.3 is 19.3 Å². The number of ether oxygens (including phenoxy) is 2. The van der Waals surface area contributed by atoms with Crippen LogP contribution in [0.25, 0.3) is 10.9 Å². The van der Waals surface area contributed by atoms with E-state index in [2.05, 4.69) is 9.97 Å². The first-order valence-corrected chi connectivity index (χ1v) is 12.5. The van der Waals surface area contributed by atoms with Crippen LogP contribution in [0.15, 0.2) is 24.5 Å². The summed E-state index contributed by atoms with van der Waals surface area (Å²) in [5.41, 5.74) is 1.98. The molecule has 3 rings (SSSR count). The van der Waals surface area contributed by atoms with E-state index in [1.165, 1.54) is 0 Å². The first-order chi connectivity index (χ1) is 16.7. The van der Waals surface area contributed by atoms with Gasteiger partial charge in [0, 0.05) is 57.6 Å². The molecule has 35 heavy (non-hydrogen) atoms. The van der Waals surface area contributed by atoms with Crippen molar-refractivity contribution in [3.63, 3.8) is 0 Å². The van der Waals surface area contributed by atoms with Gasteiger partial charge in [0.05, 0.1) is 23.4 Å². The van der Waals surface area contributed by atoms with Gasteiger partial charge in [0.25, 0.3) is 0 Å². The Morgan fingerprint density at radius 1 is 1.23 bits per heavy atom. The van der Waals surface area contributed by atoms with Crippen LogP contribution in [0.5, 0.6) is 5.75 Å². The molecule has 0 atom stereocenters. The molecule has 194 valence electrons. The quantitative estimate of drug-likeness (QED) is 0.385. The number of hydrogen-bond acceptors (Lipinski definition) is 6. The highest BCUT2D eigenvalue weighted by Crippen LogP contribution is 2.31. The molecule has 0 spiro atoms. The minimum absolute atomic E-state index is 0.0417. The van der Waals surface area contributed by atoms with Crippen molar-refractivity contribution in [3.8, 4) is 5.75 Å². The molecular formula is C27H42N4O4. The molecule has 1 aliphatic rings. The number of benzene rings is 1. The minimum atomic E-state index is 0.0417. The van der Waals surface area contributed by atoms with Crippen molar-refractivity contribution in [2.75, 3.05) is 40.4 Å². The van der Waals surface area contributed by atoms with Gasteiger partial charge in [-0.05, 0) is 58.6 Å². The van der Waals surface area contributed by atoms with Crippen LogP contribution in [0.1, 0.15) is 71.4 Å². The molecule has 0 bridgehead atoms. The monoisotopic (exact) mass is 486 g/mol. The largest absolute Gasteiger partial charge is 0.493 e. The third-order valence-corrected chi connectivity index (χ3v) is 6.11. The fraction of sp³-hybridized carbons (Fsp3) is 0.630. The molecule has 0 radical (unpaired) electrons. The average Bonchev–Trinajstić information content (AvgIpc) is 2.86. The van der Waals surface area contributed by atoms with E-state index in [9.17, 15) is 9.59 Å². The third kappa shape index (κ3) is 9.43. The predicted molar refractivity (Wildman–Crippen MR) is 139 cm³/mol. The molecule has 1 aromatic heterocycles. The van der Waals surface area contributed by atoms with Crippen molar-refractivity contribution in [2.24, 2.45) is 0 Å². The highest BCUT2D eigenvalue weighted by molar-refractivity contribution is 5.82. The van der Waals surface area contributed by atoms with Crippen LogP contribution in [0.4, 0.5) is 0 Å². The van der Waals surface area contributed by atoms with E-state index < -0.39 is 0 Å². The molecule has 8 heteroatoms. The van der Waals surface area contributed by atoms with Crippen molar-refractivity contribution in [2.45, 2.75) is 71.3 Å². The van der Waals surface area contributed by atoms with Gasteiger partial charge >= 0.3 is 0 Å². The Morgan fingerprint density at radius 3 is 2.51 bits per heavy atom. The molecule has 1 saturated heterocycles. The molecule has 2 heterocycles. The second-order valence-electron chi connectivity index (χ2n) is 9.94. The van der Waals surface area contributed by atoms with Gasteiger partial charge in [-0.15, -0.1) is 0 Å².